The zero-order valence-electron chi connectivity index (χ0n) is 27.5. The van der Waals surface area contributed by atoms with Crippen molar-refractivity contribution in [2.24, 2.45) is 0 Å². The lowest BCUT2D eigenvalue weighted by Gasteiger charge is -2.17. The maximum atomic E-state index is 13.7. The predicted molar refractivity (Wildman–Crippen MR) is 206 cm³/mol. The number of thioether (sulfide) groups is 1. The summed E-state index contributed by atoms with van der Waals surface area (Å²) >= 11 is 4.36. The summed E-state index contributed by atoms with van der Waals surface area (Å²) in [5.74, 6) is -0.145. The van der Waals surface area contributed by atoms with Crippen LogP contribution in [-0.4, -0.2) is 36.9 Å². The molecule has 3 N–H and O–H groups in total. The molecule has 0 saturated heterocycles. The highest BCUT2D eigenvalue weighted by Crippen LogP contribution is 2.37. The van der Waals surface area contributed by atoms with Crippen molar-refractivity contribution in [2.45, 2.75) is 10.1 Å². The number of carbonyl (C=O) groups excluding carboxylic acids is 3. The first kappa shape index (κ1) is 35.1. The molecule has 12 heteroatoms. The number of hydrogen-bond acceptors (Lipinski definition) is 9. The molecule has 256 valence electrons. The summed E-state index contributed by atoms with van der Waals surface area (Å²) in [5.41, 5.74) is 3.08. The van der Waals surface area contributed by atoms with Crippen LogP contribution in [0.2, 0.25) is 0 Å². The van der Waals surface area contributed by atoms with Crippen LogP contribution in [0.1, 0.15) is 26.7 Å². The highest BCUT2D eigenvalue weighted by Gasteiger charge is 2.24. The first-order chi connectivity index (χ1) is 24.9. The minimum absolute atomic E-state index is 0.000840. The number of ether oxygens (including phenoxy) is 2. The number of thiophene rings is 1. The average Bonchev–Trinajstić information content (AvgIpc) is 3.88. The molecule has 2 aromatic heterocycles. The topological polar surface area (TPSA) is 119 Å². The number of hydrogen-bond donors (Lipinski definition) is 3. The van der Waals surface area contributed by atoms with Crippen LogP contribution in [0.25, 0.3) is 16.6 Å². The van der Waals surface area contributed by atoms with Gasteiger partial charge in [0.25, 0.3) is 11.8 Å². The number of methoxy groups -OCH3 is 2. The minimum atomic E-state index is -0.568. The highest BCUT2D eigenvalue weighted by atomic mass is 32.2. The fourth-order valence-electron chi connectivity index (χ4n) is 4.94. The van der Waals surface area contributed by atoms with E-state index in [1.54, 1.807) is 79.1 Å². The van der Waals surface area contributed by atoms with Crippen molar-refractivity contribution in [1.29, 1.82) is 0 Å². The minimum Gasteiger partial charge on any atom is -0.497 e. The summed E-state index contributed by atoms with van der Waals surface area (Å²) in [6, 6.07) is 34.5. The second-order valence-electron chi connectivity index (χ2n) is 10.9. The van der Waals surface area contributed by atoms with Crippen molar-refractivity contribution in [1.82, 2.24) is 10.3 Å². The average molecular weight is 733 g/mol. The van der Waals surface area contributed by atoms with Crippen molar-refractivity contribution < 1.29 is 23.9 Å². The van der Waals surface area contributed by atoms with E-state index in [1.807, 2.05) is 65.4 Å². The highest BCUT2D eigenvalue weighted by molar-refractivity contribution is 8.00. The molecule has 0 spiro atoms. The number of benzene rings is 4. The van der Waals surface area contributed by atoms with Gasteiger partial charge in [-0.05, 0) is 77.7 Å². The number of thiazole rings is 1. The fourth-order valence-corrected chi connectivity index (χ4v) is 7.44. The van der Waals surface area contributed by atoms with Crippen molar-refractivity contribution >= 4 is 69.1 Å². The standard InChI is InChI=1S/C39H32N4O5S3/c1-47-29-17-20-33(48-2)27(22-29)23-31(41-36(44)26-12-7-4-8-13-26)37(45)40-28-15-18-30(19-16-28)51-35(25-10-5-3-6-11-25)38(46)43-39-42-32(24-50-39)34-14-9-21-49-34/h3-24,35H,1-2H3,(H,40,45)(H,41,44)(H,42,43,46)/b31-23-. The van der Waals surface area contributed by atoms with Gasteiger partial charge in [0.05, 0.1) is 24.8 Å². The Kier molecular flexibility index (Phi) is 11.6. The quantitative estimate of drug-likeness (QED) is 0.0803. The molecule has 2 heterocycles. The van der Waals surface area contributed by atoms with Gasteiger partial charge in [0.15, 0.2) is 5.13 Å². The summed E-state index contributed by atoms with van der Waals surface area (Å²) < 4.78 is 10.9. The zero-order valence-corrected chi connectivity index (χ0v) is 29.9. The van der Waals surface area contributed by atoms with Gasteiger partial charge >= 0.3 is 0 Å². The molecule has 6 aromatic rings. The third-order valence-corrected chi connectivity index (χ3v) is 10.4. The maximum absolute atomic E-state index is 13.7. The Morgan fingerprint density at radius 1 is 0.804 bits per heavy atom. The molecule has 0 bridgehead atoms. The van der Waals surface area contributed by atoms with E-state index in [9.17, 15) is 14.4 Å². The van der Waals surface area contributed by atoms with Crippen LogP contribution in [0.3, 0.4) is 0 Å². The summed E-state index contributed by atoms with van der Waals surface area (Å²) in [7, 11) is 3.06. The van der Waals surface area contributed by atoms with Gasteiger partial charge < -0.3 is 25.4 Å². The Morgan fingerprint density at radius 3 is 2.24 bits per heavy atom. The molecule has 4 aromatic carbocycles. The van der Waals surface area contributed by atoms with Gasteiger partial charge in [-0.2, -0.15) is 0 Å². The van der Waals surface area contributed by atoms with Gasteiger partial charge in [0.2, 0.25) is 5.91 Å². The monoisotopic (exact) mass is 732 g/mol. The van der Waals surface area contributed by atoms with E-state index in [4.69, 9.17) is 9.47 Å². The number of amides is 3. The molecule has 6 rings (SSSR count). The molecule has 0 aliphatic carbocycles. The third-order valence-electron chi connectivity index (χ3n) is 7.48. The molecule has 9 nitrogen and oxygen atoms in total. The lowest BCUT2D eigenvalue weighted by atomic mass is 10.1. The largest absolute Gasteiger partial charge is 0.497 e. The second kappa shape index (κ2) is 16.8. The number of rotatable bonds is 13. The van der Waals surface area contributed by atoms with Crippen LogP contribution < -0.4 is 25.4 Å². The summed E-state index contributed by atoms with van der Waals surface area (Å²) in [6.45, 7) is 0. The first-order valence-electron chi connectivity index (χ1n) is 15.6. The Morgan fingerprint density at radius 2 is 1.55 bits per heavy atom. The first-order valence-corrected chi connectivity index (χ1v) is 18.3. The Bertz CT molecular complexity index is 2140. The Hall–Kier alpha value is -5.69. The third kappa shape index (κ3) is 9.11. The van der Waals surface area contributed by atoms with E-state index in [0.29, 0.717) is 33.4 Å². The summed E-state index contributed by atoms with van der Waals surface area (Å²) in [5, 5.41) is 12.5. The van der Waals surface area contributed by atoms with Crippen LogP contribution in [0.4, 0.5) is 10.8 Å². The predicted octanol–water partition coefficient (Wildman–Crippen LogP) is 8.77. The summed E-state index contributed by atoms with van der Waals surface area (Å²) in [4.78, 5) is 46.9. The SMILES string of the molecule is COc1ccc(OC)c(/C=C(\NC(=O)c2ccccc2)C(=O)Nc2ccc(SC(C(=O)Nc3nc(-c4cccs4)cs3)c3ccccc3)cc2)c1. The van der Waals surface area contributed by atoms with Gasteiger partial charge in [-0.3, -0.25) is 14.4 Å². The smallest absolute Gasteiger partial charge is 0.272 e. The molecule has 0 aliphatic heterocycles. The zero-order chi connectivity index (χ0) is 35.6. The summed E-state index contributed by atoms with van der Waals surface area (Å²) in [6.07, 6.45) is 1.54. The molecular weight excluding hydrogens is 701 g/mol. The van der Waals surface area contributed by atoms with E-state index in [1.165, 1.54) is 36.3 Å². The number of anilines is 2. The van der Waals surface area contributed by atoms with E-state index in [-0.39, 0.29) is 11.6 Å². The van der Waals surface area contributed by atoms with Gasteiger partial charge in [-0.15, -0.1) is 34.4 Å². The second-order valence-corrected chi connectivity index (χ2v) is 13.9. The Labute approximate surface area is 307 Å². The Balaban J connectivity index is 1.20. The molecule has 0 radical (unpaired) electrons. The lowest BCUT2D eigenvalue weighted by Crippen LogP contribution is -2.30. The van der Waals surface area contributed by atoms with Crippen LogP contribution in [0.5, 0.6) is 11.5 Å². The van der Waals surface area contributed by atoms with Gasteiger partial charge in [0, 0.05) is 27.1 Å². The van der Waals surface area contributed by atoms with E-state index in [2.05, 4.69) is 20.9 Å². The molecule has 1 atom stereocenters. The number of nitrogens with one attached hydrogen (secondary N) is 3. The van der Waals surface area contributed by atoms with Crippen LogP contribution in [0.15, 0.2) is 137 Å². The number of carbonyl (C=O) groups is 3. The molecule has 1 unspecified atom stereocenters. The van der Waals surface area contributed by atoms with Crippen LogP contribution in [-0.2, 0) is 9.59 Å². The lowest BCUT2D eigenvalue weighted by molar-refractivity contribution is -0.116. The van der Waals surface area contributed by atoms with Gasteiger partial charge in [-0.1, -0.05) is 54.6 Å². The number of aromatic nitrogens is 1. The van der Waals surface area contributed by atoms with E-state index < -0.39 is 17.1 Å². The molecule has 0 aliphatic rings. The van der Waals surface area contributed by atoms with E-state index in [0.717, 1.165) is 21.0 Å². The van der Waals surface area contributed by atoms with Crippen molar-refractivity contribution in [2.75, 3.05) is 24.9 Å². The van der Waals surface area contributed by atoms with Crippen LogP contribution >= 0.6 is 34.4 Å². The van der Waals surface area contributed by atoms with Gasteiger partial charge in [-0.25, -0.2) is 4.98 Å². The van der Waals surface area contributed by atoms with Crippen molar-refractivity contribution in [3.8, 4) is 22.1 Å². The molecule has 51 heavy (non-hydrogen) atoms. The van der Waals surface area contributed by atoms with E-state index >= 15 is 0 Å². The van der Waals surface area contributed by atoms with Crippen molar-refractivity contribution in [3.63, 3.8) is 0 Å². The van der Waals surface area contributed by atoms with Gasteiger partial charge in [0.1, 0.15) is 22.4 Å². The molecule has 3 amide bonds. The molecule has 0 fully saturated rings. The maximum Gasteiger partial charge on any atom is 0.272 e. The molecule has 0 saturated carbocycles. The fraction of sp³-hybridized carbons (Fsp3) is 0.0769. The van der Waals surface area contributed by atoms with Crippen molar-refractivity contribution in [3.05, 3.63) is 148 Å². The number of nitrogens with zero attached hydrogens (tertiary/aromatic N) is 1. The molecular formula is C39H32N4O5S3. The normalized spacial score (nSPS) is 11.7. The van der Waals surface area contributed by atoms with Crippen LogP contribution in [0, 0.1) is 0 Å².